The van der Waals surface area contributed by atoms with Gasteiger partial charge in [-0.25, -0.2) is 0 Å². The van der Waals surface area contributed by atoms with Crippen LogP contribution in [0.3, 0.4) is 0 Å². The monoisotopic (exact) mass is 388 g/mol. The lowest BCUT2D eigenvalue weighted by atomic mass is 10.1. The first-order valence-corrected chi connectivity index (χ1v) is 9.02. The molecule has 0 N–H and O–H groups in total. The second-order valence-corrected chi connectivity index (χ2v) is 7.23. The van der Waals surface area contributed by atoms with Gasteiger partial charge in [0.15, 0.2) is 0 Å². The smallest absolute Gasteiger partial charge is 0.367 e. The molecular formula is C17H16ClF3N2OS. The SMILES string of the molecule is O=C(Cc1cccs1)N1CCN(c2cc(C(F)(F)F)ccc2Cl)CC1. The van der Waals surface area contributed by atoms with Crippen molar-refractivity contribution in [3.63, 3.8) is 0 Å². The van der Waals surface area contributed by atoms with Gasteiger partial charge < -0.3 is 9.80 Å². The summed E-state index contributed by atoms with van der Waals surface area (Å²) in [6.07, 6.45) is -4.04. The Morgan fingerprint density at radius 3 is 2.48 bits per heavy atom. The lowest BCUT2D eigenvalue weighted by molar-refractivity contribution is -0.137. The van der Waals surface area contributed by atoms with Crippen molar-refractivity contribution >= 4 is 34.5 Å². The molecule has 1 fully saturated rings. The molecule has 0 aliphatic carbocycles. The zero-order chi connectivity index (χ0) is 18.0. The predicted molar refractivity (Wildman–Crippen MR) is 93.3 cm³/mol. The van der Waals surface area contributed by atoms with Crippen LogP contribution in [-0.2, 0) is 17.4 Å². The van der Waals surface area contributed by atoms with Crippen molar-refractivity contribution in [2.24, 2.45) is 0 Å². The van der Waals surface area contributed by atoms with E-state index >= 15 is 0 Å². The van der Waals surface area contributed by atoms with E-state index in [4.69, 9.17) is 11.6 Å². The van der Waals surface area contributed by atoms with Crippen LogP contribution in [0.25, 0.3) is 0 Å². The van der Waals surface area contributed by atoms with Gasteiger partial charge in [0.1, 0.15) is 0 Å². The van der Waals surface area contributed by atoms with Gasteiger partial charge >= 0.3 is 6.18 Å². The summed E-state index contributed by atoms with van der Waals surface area (Å²) in [6.45, 7) is 1.85. The van der Waals surface area contributed by atoms with E-state index in [1.807, 2.05) is 17.5 Å². The molecule has 25 heavy (non-hydrogen) atoms. The van der Waals surface area contributed by atoms with Crippen LogP contribution in [0.1, 0.15) is 10.4 Å². The molecule has 0 bridgehead atoms. The van der Waals surface area contributed by atoms with Gasteiger partial charge in [-0.1, -0.05) is 17.7 Å². The third-order valence-electron chi connectivity index (χ3n) is 4.15. The topological polar surface area (TPSA) is 23.6 Å². The summed E-state index contributed by atoms with van der Waals surface area (Å²) in [6, 6.07) is 7.15. The van der Waals surface area contributed by atoms with Crippen LogP contribution in [0.15, 0.2) is 35.7 Å². The molecule has 0 saturated carbocycles. The zero-order valence-corrected chi connectivity index (χ0v) is 14.8. The Kier molecular flexibility index (Phi) is 5.24. The largest absolute Gasteiger partial charge is 0.416 e. The summed E-state index contributed by atoms with van der Waals surface area (Å²) in [5.41, 5.74) is -0.357. The number of thiophene rings is 1. The molecule has 1 aliphatic rings. The van der Waals surface area contributed by atoms with Crippen LogP contribution in [0, 0.1) is 0 Å². The van der Waals surface area contributed by atoms with Crippen LogP contribution >= 0.6 is 22.9 Å². The molecule has 8 heteroatoms. The Bertz CT molecular complexity index is 741. The number of rotatable bonds is 3. The maximum Gasteiger partial charge on any atom is 0.416 e. The van der Waals surface area contributed by atoms with Crippen molar-refractivity contribution in [2.45, 2.75) is 12.6 Å². The molecule has 0 unspecified atom stereocenters. The molecule has 1 aromatic carbocycles. The minimum Gasteiger partial charge on any atom is -0.367 e. The second-order valence-electron chi connectivity index (χ2n) is 5.79. The lowest BCUT2D eigenvalue weighted by Crippen LogP contribution is -2.49. The van der Waals surface area contributed by atoms with Crippen molar-refractivity contribution < 1.29 is 18.0 Å². The Balaban J connectivity index is 1.65. The van der Waals surface area contributed by atoms with Crippen LogP contribution in [0.5, 0.6) is 0 Å². The molecule has 3 nitrogen and oxygen atoms in total. The van der Waals surface area contributed by atoms with Gasteiger partial charge in [-0.3, -0.25) is 4.79 Å². The number of carbonyl (C=O) groups is 1. The van der Waals surface area contributed by atoms with Crippen molar-refractivity contribution in [3.8, 4) is 0 Å². The van der Waals surface area contributed by atoms with Crippen LogP contribution in [0.2, 0.25) is 5.02 Å². The summed E-state index contributed by atoms with van der Waals surface area (Å²) in [5, 5.41) is 2.21. The molecular weight excluding hydrogens is 373 g/mol. The van der Waals surface area contributed by atoms with E-state index in [-0.39, 0.29) is 10.9 Å². The Morgan fingerprint density at radius 1 is 1.16 bits per heavy atom. The average Bonchev–Trinajstić information content (AvgIpc) is 3.07. The first-order valence-electron chi connectivity index (χ1n) is 7.76. The Hall–Kier alpha value is -1.73. The lowest BCUT2D eigenvalue weighted by Gasteiger charge is -2.36. The fraction of sp³-hybridized carbons (Fsp3) is 0.353. The highest BCUT2D eigenvalue weighted by Crippen LogP contribution is 2.35. The van der Waals surface area contributed by atoms with Gasteiger partial charge in [0.05, 0.1) is 22.7 Å². The molecule has 0 spiro atoms. The van der Waals surface area contributed by atoms with E-state index in [0.717, 1.165) is 17.0 Å². The number of hydrogen-bond acceptors (Lipinski definition) is 3. The maximum absolute atomic E-state index is 12.9. The average molecular weight is 389 g/mol. The number of halogens is 4. The van der Waals surface area contributed by atoms with E-state index in [9.17, 15) is 18.0 Å². The van der Waals surface area contributed by atoms with E-state index in [0.29, 0.717) is 38.3 Å². The number of nitrogens with zero attached hydrogens (tertiary/aromatic N) is 2. The number of hydrogen-bond donors (Lipinski definition) is 0. The second kappa shape index (κ2) is 7.25. The van der Waals surface area contributed by atoms with Crippen LogP contribution in [-0.4, -0.2) is 37.0 Å². The van der Waals surface area contributed by atoms with Crippen molar-refractivity contribution in [1.29, 1.82) is 0 Å². The quantitative estimate of drug-likeness (QED) is 0.782. The van der Waals surface area contributed by atoms with Gasteiger partial charge in [-0.2, -0.15) is 13.2 Å². The Morgan fingerprint density at radius 2 is 1.88 bits per heavy atom. The maximum atomic E-state index is 12.9. The summed E-state index contributed by atoms with van der Waals surface area (Å²) >= 11 is 7.62. The first kappa shape index (κ1) is 18.1. The van der Waals surface area contributed by atoms with Crippen LogP contribution in [0.4, 0.5) is 18.9 Å². The molecule has 2 aromatic rings. The van der Waals surface area contributed by atoms with E-state index in [1.54, 1.807) is 9.80 Å². The standard InChI is InChI=1S/C17H16ClF3N2OS/c18-14-4-3-12(17(19,20)21)10-15(14)22-5-7-23(8-6-22)16(24)11-13-2-1-9-25-13/h1-4,9-10H,5-8,11H2. The molecule has 1 aromatic heterocycles. The highest BCUT2D eigenvalue weighted by atomic mass is 35.5. The number of piperazine rings is 1. The summed E-state index contributed by atoms with van der Waals surface area (Å²) in [7, 11) is 0. The Labute approximate surface area is 152 Å². The van der Waals surface area contributed by atoms with Gasteiger partial charge in [0, 0.05) is 31.1 Å². The number of anilines is 1. The predicted octanol–water partition coefficient (Wildman–Crippen LogP) is 4.31. The summed E-state index contributed by atoms with van der Waals surface area (Å²) in [4.78, 5) is 16.9. The third-order valence-corrected chi connectivity index (χ3v) is 5.35. The fourth-order valence-electron chi connectivity index (χ4n) is 2.80. The summed E-state index contributed by atoms with van der Waals surface area (Å²) < 4.78 is 38.7. The normalized spacial score (nSPS) is 15.5. The fourth-order valence-corrected chi connectivity index (χ4v) is 3.74. The minimum absolute atomic E-state index is 0.0391. The third kappa shape index (κ3) is 4.27. The van der Waals surface area contributed by atoms with E-state index < -0.39 is 11.7 Å². The van der Waals surface area contributed by atoms with Crippen LogP contribution < -0.4 is 4.90 Å². The minimum atomic E-state index is -4.40. The first-order chi connectivity index (χ1) is 11.8. The molecule has 1 amide bonds. The van der Waals surface area contributed by atoms with Crippen molar-refractivity contribution in [3.05, 3.63) is 51.2 Å². The molecule has 0 radical (unpaired) electrons. The highest BCUT2D eigenvalue weighted by molar-refractivity contribution is 7.10. The molecule has 134 valence electrons. The van der Waals surface area contributed by atoms with Crippen molar-refractivity contribution in [1.82, 2.24) is 4.90 Å². The number of benzene rings is 1. The van der Waals surface area contributed by atoms with Gasteiger partial charge in [-0.15, -0.1) is 11.3 Å². The number of carbonyl (C=O) groups excluding carboxylic acids is 1. The zero-order valence-electron chi connectivity index (χ0n) is 13.2. The van der Waals surface area contributed by atoms with Gasteiger partial charge in [0.2, 0.25) is 5.91 Å². The van der Waals surface area contributed by atoms with E-state index in [2.05, 4.69) is 0 Å². The van der Waals surface area contributed by atoms with Gasteiger partial charge in [0.25, 0.3) is 0 Å². The summed E-state index contributed by atoms with van der Waals surface area (Å²) in [5.74, 6) is 0.0391. The molecule has 0 atom stereocenters. The van der Waals surface area contributed by atoms with Gasteiger partial charge in [-0.05, 0) is 29.6 Å². The molecule has 3 rings (SSSR count). The molecule has 1 saturated heterocycles. The molecule has 2 heterocycles. The number of amides is 1. The molecule has 1 aliphatic heterocycles. The number of alkyl halides is 3. The highest BCUT2D eigenvalue weighted by Gasteiger charge is 2.32. The van der Waals surface area contributed by atoms with Crippen molar-refractivity contribution in [2.75, 3.05) is 31.1 Å². The van der Waals surface area contributed by atoms with E-state index in [1.165, 1.54) is 17.4 Å².